The van der Waals surface area contributed by atoms with Gasteiger partial charge >= 0.3 is 5.97 Å². The van der Waals surface area contributed by atoms with E-state index in [0.29, 0.717) is 18.1 Å². The third kappa shape index (κ3) is 6.38. The Morgan fingerprint density at radius 3 is 2.43 bits per heavy atom. The first-order chi connectivity index (χ1) is 9.90. The van der Waals surface area contributed by atoms with Gasteiger partial charge in [-0.2, -0.15) is 0 Å². The Morgan fingerprint density at radius 2 is 1.86 bits per heavy atom. The van der Waals surface area contributed by atoms with Crippen molar-refractivity contribution in [2.45, 2.75) is 26.7 Å². The number of esters is 1. The molecule has 21 heavy (non-hydrogen) atoms. The summed E-state index contributed by atoms with van der Waals surface area (Å²) >= 11 is 0. The third-order valence-corrected chi connectivity index (χ3v) is 2.99. The molecule has 0 saturated heterocycles. The SMILES string of the molecule is CC(C)CCCOC(=O)CN(C)C(=O)c1ccc(F)cc1. The van der Waals surface area contributed by atoms with E-state index in [1.54, 1.807) is 0 Å². The van der Waals surface area contributed by atoms with E-state index in [1.807, 2.05) is 0 Å². The van der Waals surface area contributed by atoms with Crippen molar-refractivity contribution in [1.29, 1.82) is 0 Å². The summed E-state index contributed by atoms with van der Waals surface area (Å²) in [4.78, 5) is 24.9. The van der Waals surface area contributed by atoms with Gasteiger partial charge in [-0.1, -0.05) is 13.8 Å². The quantitative estimate of drug-likeness (QED) is 0.574. The van der Waals surface area contributed by atoms with Gasteiger partial charge in [-0.25, -0.2) is 4.39 Å². The molecule has 0 unspecified atom stereocenters. The summed E-state index contributed by atoms with van der Waals surface area (Å²) in [6, 6.07) is 5.21. The van der Waals surface area contributed by atoms with E-state index in [-0.39, 0.29) is 12.5 Å². The molecule has 116 valence electrons. The highest BCUT2D eigenvalue weighted by atomic mass is 19.1. The zero-order chi connectivity index (χ0) is 15.8. The number of likely N-dealkylation sites (N-methyl/N-ethyl adjacent to an activating group) is 1. The lowest BCUT2D eigenvalue weighted by atomic mass is 10.1. The van der Waals surface area contributed by atoms with Gasteiger partial charge in [0.1, 0.15) is 12.4 Å². The number of amides is 1. The minimum absolute atomic E-state index is 0.113. The van der Waals surface area contributed by atoms with Crippen LogP contribution in [0.25, 0.3) is 0 Å². The van der Waals surface area contributed by atoms with E-state index < -0.39 is 11.8 Å². The molecule has 0 aliphatic carbocycles. The zero-order valence-corrected chi connectivity index (χ0v) is 12.8. The maximum Gasteiger partial charge on any atom is 0.325 e. The number of rotatable bonds is 7. The number of ether oxygens (including phenoxy) is 1. The van der Waals surface area contributed by atoms with E-state index >= 15 is 0 Å². The standard InChI is InChI=1S/C16H22FNO3/c1-12(2)5-4-10-21-15(19)11-18(3)16(20)13-6-8-14(17)9-7-13/h6-9,12H,4-5,10-11H2,1-3H3. The molecule has 5 heteroatoms. The Morgan fingerprint density at radius 1 is 1.24 bits per heavy atom. The average molecular weight is 295 g/mol. The molecular weight excluding hydrogens is 273 g/mol. The molecule has 1 aromatic carbocycles. The molecule has 0 fully saturated rings. The van der Waals surface area contributed by atoms with Gasteiger partial charge in [-0.15, -0.1) is 0 Å². The first-order valence-electron chi connectivity index (χ1n) is 7.06. The fourth-order valence-electron chi connectivity index (χ4n) is 1.80. The molecular formula is C16H22FNO3. The molecule has 0 radical (unpaired) electrons. The Kier molecular flexibility index (Phi) is 6.85. The van der Waals surface area contributed by atoms with Crippen molar-refractivity contribution >= 4 is 11.9 Å². The molecule has 0 aliphatic rings. The highest BCUT2D eigenvalue weighted by molar-refractivity contribution is 5.95. The lowest BCUT2D eigenvalue weighted by Crippen LogP contribution is -2.33. The Bertz CT molecular complexity index is 471. The van der Waals surface area contributed by atoms with Crippen molar-refractivity contribution in [3.05, 3.63) is 35.6 Å². The molecule has 0 saturated carbocycles. The topological polar surface area (TPSA) is 46.6 Å². The predicted octanol–water partition coefficient (Wildman–Crippen LogP) is 2.88. The number of nitrogens with zero attached hydrogens (tertiary/aromatic N) is 1. The van der Waals surface area contributed by atoms with Crippen LogP contribution in [0.15, 0.2) is 24.3 Å². The second-order valence-corrected chi connectivity index (χ2v) is 5.42. The van der Waals surface area contributed by atoms with Gasteiger partial charge in [0.25, 0.3) is 5.91 Å². The number of halogens is 1. The predicted molar refractivity (Wildman–Crippen MR) is 78.4 cm³/mol. The van der Waals surface area contributed by atoms with Crippen LogP contribution < -0.4 is 0 Å². The molecule has 0 N–H and O–H groups in total. The second kappa shape index (κ2) is 8.39. The molecule has 1 rings (SSSR count). The van der Waals surface area contributed by atoms with Gasteiger partial charge < -0.3 is 9.64 Å². The highest BCUT2D eigenvalue weighted by Crippen LogP contribution is 2.06. The van der Waals surface area contributed by atoms with Crippen LogP contribution in [0, 0.1) is 11.7 Å². The number of carbonyl (C=O) groups excluding carboxylic acids is 2. The fraction of sp³-hybridized carbons (Fsp3) is 0.500. The maximum absolute atomic E-state index is 12.8. The summed E-state index contributed by atoms with van der Waals surface area (Å²) in [6.07, 6.45) is 1.82. The Balaban J connectivity index is 2.38. The highest BCUT2D eigenvalue weighted by Gasteiger charge is 2.15. The maximum atomic E-state index is 12.8. The second-order valence-electron chi connectivity index (χ2n) is 5.42. The van der Waals surface area contributed by atoms with Gasteiger partial charge in [-0.05, 0) is 43.0 Å². The molecule has 0 aromatic heterocycles. The molecule has 0 heterocycles. The molecule has 0 aliphatic heterocycles. The largest absolute Gasteiger partial charge is 0.464 e. The minimum atomic E-state index is -0.434. The lowest BCUT2D eigenvalue weighted by Gasteiger charge is -2.16. The Labute approximate surface area is 124 Å². The van der Waals surface area contributed by atoms with Crippen LogP contribution in [0.5, 0.6) is 0 Å². The van der Waals surface area contributed by atoms with E-state index in [1.165, 1.54) is 36.2 Å². The van der Waals surface area contributed by atoms with Crippen molar-refractivity contribution in [3.63, 3.8) is 0 Å². The molecule has 4 nitrogen and oxygen atoms in total. The number of hydrogen-bond donors (Lipinski definition) is 0. The van der Waals surface area contributed by atoms with E-state index in [2.05, 4.69) is 13.8 Å². The number of carbonyl (C=O) groups is 2. The van der Waals surface area contributed by atoms with Crippen molar-refractivity contribution in [1.82, 2.24) is 4.90 Å². The van der Waals surface area contributed by atoms with Gasteiger partial charge in [0.05, 0.1) is 6.61 Å². The van der Waals surface area contributed by atoms with Crippen molar-refractivity contribution in [3.8, 4) is 0 Å². The lowest BCUT2D eigenvalue weighted by molar-refractivity contribution is -0.144. The van der Waals surface area contributed by atoms with E-state index in [9.17, 15) is 14.0 Å². The van der Waals surface area contributed by atoms with Gasteiger partial charge in [0, 0.05) is 12.6 Å². The summed E-state index contributed by atoms with van der Waals surface area (Å²) in [6.45, 7) is 4.47. The van der Waals surface area contributed by atoms with Crippen LogP contribution in [0.1, 0.15) is 37.0 Å². The van der Waals surface area contributed by atoms with Gasteiger partial charge in [0.15, 0.2) is 0 Å². The third-order valence-electron chi connectivity index (χ3n) is 2.99. The van der Waals surface area contributed by atoms with Crippen molar-refractivity contribution < 1.29 is 18.7 Å². The van der Waals surface area contributed by atoms with Crippen LogP contribution in [0.4, 0.5) is 4.39 Å². The summed E-state index contributed by atoms with van der Waals surface area (Å²) in [7, 11) is 1.51. The monoisotopic (exact) mass is 295 g/mol. The van der Waals surface area contributed by atoms with Gasteiger partial charge in [-0.3, -0.25) is 9.59 Å². The van der Waals surface area contributed by atoms with Crippen LogP contribution >= 0.6 is 0 Å². The van der Waals surface area contributed by atoms with Crippen molar-refractivity contribution in [2.24, 2.45) is 5.92 Å². The van der Waals surface area contributed by atoms with E-state index in [4.69, 9.17) is 4.74 Å². The summed E-state index contributed by atoms with van der Waals surface area (Å²) < 4.78 is 17.9. The molecule has 0 bridgehead atoms. The first kappa shape index (κ1) is 17.1. The van der Waals surface area contributed by atoms with Crippen LogP contribution in [0.2, 0.25) is 0 Å². The first-order valence-corrected chi connectivity index (χ1v) is 7.06. The minimum Gasteiger partial charge on any atom is -0.464 e. The molecule has 0 atom stereocenters. The van der Waals surface area contributed by atoms with Crippen LogP contribution in [0.3, 0.4) is 0 Å². The van der Waals surface area contributed by atoms with E-state index in [0.717, 1.165) is 12.8 Å². The average Bonchev–Trinajstić information content (AvgIpc) is 2.43. The summed E-state index contributed by atoms with van der Waals surface area (Å²) in [5.74, 6) is -0.601. The zero-order valence-electron chi connectivity index (χ0n) is 12.8. The van der Waals surface area contributed by atoms with Crippen LogP contribution in [-0.2, 0) is 9.53 Å². The van der Waals surface area contributed by atoms with Crippen LogP contribution in [-0.4, -0.2) is 37.0 Å². The molecule has 1 amide bonds. The summed E-state index contributed by atoms with van der Waals surface area (Å²) in [5.41, 5.74) is 0.339. The summed E-state index contributed by atoms with van der Waals surface area (Å²) in [5, 5.41) is 0. The number of benzene rings is 1. The fourth-order valence-corrected chi connectivity index (χ4v) is 1.80. The van der Waals surface area contributed by atoms with Gasteiger partial charge in [0.2, 0.25) is 0 Å². The Hall–Kier alpha value is -1.91. The van der Waals surface area contributed by atoms with Crippen molar-refractivity contribution in [2.75, 3.05) is 20.2 Å². The molecule has 1 aromatic rings. The normalized spacial score (nSPS) is 10.5. The smallest absolute Gasteiger partial charge is 0.325 e. The molecule has 0 spiro atoms. The number of hydrogen-bond acceptors (Lipinski definition) is 3.